The number of halogens is 2. The summed E-state index contributed by atoms with van der Waals surface area (Å²) in [5, 5.41) is 3.92. The first-order chi connectivity index (χ1) is 7.20. The highest BCUT2D eigenvalue weighted by Crippen LogP contribution is 2.14. The maximum Gasteiger partial charge on any atom is 0.151 e. The molecule has 0 unspecified atom stereocenters. The van der Waals surface area contributed by atoms with Crippen molar-refractivity contribution in [1.29, 1.82) is 0 Å². The van der Waals surface area contributed by atoms with Crippen molar-refractivity contribution >= 4 is 0 Å². The van der Waals surface area contributed by atoms with Crippen LogP contribution in [0.3, 0.4) is 0 Å². The van der Waals surface area contributed by atoms with Gasteiger partial charge in [0.25, 0.3) is 0 Å². The average Bonchev–Trinajstić information content (AvgIpc) is 2.66. The maximum atomic E-state index is 13.3. The molecule has 0 radical (unpaired) electrons. The number of nitrogens with two attached hydrogens (primary N) is 1. The molecule has 2 aromatic rings. The van der Waals surface area contributed by atoms with Crippen molar-refractivity contribution in [1.82, 2.24) is 9.78 Å². The molecule has 1 aromatic carbocycles. The largest absolute Gasteiger partial charge is 0.326 e. The van der Waals surface area contributed by atoms with Crippen LogP contribution in [-0.4, -0.2) is 9.78 Å². The van der Waals surface area contributed by atoms with E-state index in [0.717, 1.165) is 11.6 Å². The van der Waals surface area contributed by atoms with Crippen molar-refractivity contribution in [2.75, 3.05) is 0 Å². The molecule has 15 heavy (non-hydrogen) atoms. The normalized spacial score (nSPS) is 10.6. The zero-order valence-electron chi connectivity index (χ0n) is 7.82. The van der Waals surface area contributed by atoms with Gasteiger partial charge in [0.15, 0.2) is 5.82 Å². The monoisotopic (exact) mass is 209 g/mol. The van der Waals surface area contributed by atoms with Crippen LogP contribution in [-0.2, 0) is 6.54 Å². The van der Waals surface area contributed by atoms with Crippen molar-refractivity contribution < 1.29 is 8.78 Å². The Kier molecular flexibility index (Phi) is 2.47. The number of benzene rings is 1. The van der Waals surface area contributed by atoms with Crippen LogP contribution in [0, 0.1) is 11.6 Å². The van der Waals surface area contributed by atoms with Gasteiger partial charge in [-0.3, -0.25) is 0 Å². The third kappa shape index (κ3) is 1.87. The first-order valence-corrected chi connectivity index (χ1v) is 4.40. The SMILES string of the molecule is NCc1cnn(-c2ccc(F)cc2F)c1. The fraction of sp³-hybridized carbons (Fsp3) is 0.100. The Morgan fingerprint density at radius 2 is 2.13 bits per heavy atom. The Hall–Kier alpha value is -1.75. The second-order valence-electron chi connectivity index (χ2n) is 3.09. The molecule has 0 saturated heterocycles. The number of hydrogen-bond acceptors (Lipinski definition) is 2. The molecule has 5 heteroatoms. The van der Waals surface area contributed by atoms with E-state index < -0.39 is 11.6 Å². The van der Waals surface area contributed by atoms with Gasteiger partial charge in [0.05, 0.1) is 6.20 Å². The molecule has 0 bridgehead atoms. The van der Waals surface area contributed by atoms with Gasteiger partial charge in [-0.25, -0.2) is 13.5 Å². The van der Waals surface area contributed by atoms with E-state index in [0.29, 0.717) is 6.54 Å². The van der Waals surface area contributed by atoms with Gasteiger partial charge < -0.3 is 5.73 Å². The molecule has 1 aromatic heterocycles. The standard InChI is InChI=1S/C10H9F2N3/c11-8-1-2-10(9(12)3-8)15-6-7(4-13)5-14-15/h1-3,5-6H,4,13H2. The lowest BCUT2D eigenvalue weighted by Gasteiger charge is -2.02. The van der Waals surface area contributed by atoms with Crippen LogP contribution in [0.4, 0.5) is 8.78 Å². The van der Waals surface area contributed by atoms with E-state index in [2.05, 4.69) is 5.10 Å². The Morgan fingerprint density at radius 1 is 1.33 bits per heavy atom. The van der Waals surface area contributed by atoms with Gasteiger partial charge >= 0.3 is 0 Å². The smallest absolute Gasteiger partial charge is 0.151 e. The zero-order valence-corrected chi connectivity index (χ0v) is 7.82. The third-order valence-electron chi connectivity index (χ3n) is 2.03. The van der Waals surface area contributed by atoms with Gasteiger partial charge in [0, 0.05) is 24.4 Å². The molecule has 0 aliphatic rings. The molecular formula is C10H9F2N3. The lowest BCUT2D eigenvalue weighted by molar-refractivity contribution is 0.573. The lowest BCUT2D eigenvalue weighted by atomic mass is 10.3. The summed E-state index contributed by atoms with van der Waals surface area (Å²) in [7, 11) is 0. The molecular weight excluding hydrogens is 200 g/mol. The van der Waals surface area contributed by atoms with Crippen molar-refractivity contribution in [3.8, 4) is 5.69 Å². The molecule has 0 fully saturated rings. The quantitative estimate of drug-likeness (QED) is 0.816. The minimum Gasteiger partial charge on any atom is -0.326 e. The Morgan fingerprint density at radius 3 is 2.73 bits per heavy atom. The van der Waals surface area contributed by atoms with Crippen molar-refractivity contribution in [3.63, 3.8) is 0 Å². The highest BCUT2D eigenvalue weighted by atomic mass is 19.1. The van der Waals surface area contributed by atoms with Crippen LogP contribution in [0.25, 0.3) is 5.69 Å². The highest BCUT2D eigenvalue weighted by Gasteiger charge is 2.06. The Bertz CT molecular complexity index is 479. The van der Waals surface area contributed by atoms with E-state index in [1.54, 1.807) is 12.4 Å². The van der Waals surface area contributed by atoms with Gasteiger partial charge in [-0.1, -0.05) is 0 Å². The molecule has 0 amide bonds. The van der Waals surface area contributed by atoms with Gasteiger partial charge in [-0.15, -0.1) is 0 Å². The summed E-state index contributed by atoms with van der Waals surface area (Å²) >= 11 is 0. The van der Waals surface area contributed by atoms with E-state index in [-0.39, 0.29) is 5.69 Å². The Labute approximate surface area is 85.1 Å². The summed E-state index contributed by atoms with van der Waals surface area (Å²) in [6, 6.07) is 3.33. The molecule has 0 saturated carbocycles. The molecule has 3 nitrogen and oxygen atoms in total. The Balaban J connectivity index is 2.44. The molecule has 0 aliphatic carbocycles. The maximum absolute atomic E-state index is 13.3. The van der Waals surface area contributed by atoms with Crippen LogP contribution in [0.2, 0.25) is 0 Å². The molecule has 0 spiro atoms. The molecule has 1 heterocycles. The first kappa shape index (κ1) is 9.79. The predicted molar refractivity (Wildman–Crippen MR) is 51.4 cm³/mol. The van der Waals surface area contributed by atoms with E-state index >= 15 is 0 Å². The zero-order chi connectivity index (χ0) is 10.8. The summed E-state index contributed by atoms with van der Waals surface area (Å²) in [5.41, 5.74) is 6.39. The third-order valence-corrected chi connectivity index (χ3v) is 2.03. The van der Waals surface area contributed by atoms with Crippen molar-refractivity contribution in [3.05, 3.63) is 47.8 Å². The van der Waals surface area contributed by atoms with Crippen LogP contribution >= 0.6 is 0 Å². The summed E-state index contributed by atoms with van der Waals surface area (Å²) in [5.74, 6) is -1.26. The summed E-state index contributed by atoms with van der Waals surface area (Å²) in [4.78, 5) is 0. The molecule has 2 N–H and O–H groups in total. The van der Waals surface area contributed by atoms with E-state index in [1.165, 1.54) is 16.8 Å². The van der Waals surface area contributed by atoms with Crippen LogP contribution in [0.5, 0.6) is 0 Å². The second kappa shape index (κ2) is 3.78. The summed E-state index contributed by atoms with van der Waals surface area (Å²) in [6.45, 7) is 0.336. The molecule has 0 aliphatic heterocycles. The molecule has 0 atom stereocenters. The fourth-order valence-electron chi connectivity index (χ4n) is 1.26. The van der Waals surface area contributed by atoms with E-state index in [9.17, 15) is 8.78 Å². The van der Waals surface area contributed by atoms with Crippen LogP contribution in [0.15, 0.2) is 30.6 Å². The van der Waals surface area contributed by atoms with Crippen LogP contribution < -0.4 is 5.73 Å². The van der Waals surface area contributed by atoms with Crippen LogP contribution in [0.1, 0.15) is 5.56 Å². The fourth-order valence-corrected chi connectivity index (χ4v) is 1.26. The second-order valence-corrected chi connectivity index (χ2v) is 3.09. The minimum absolute atomic E-state index is 0.205. The predicted octanol–water partition coefficient (Wildman–Crippen LogP) is 1.61. The topological polar surface area (TPSA) is 43.8 Å². The molecule has 2 rings (SSSR count). The van der Waals surface area contributed by atoms with Gasteiger partial charge in [0.1, 0.15) is 11.5 Å². The van der Waals surface area contributed by atoms with Crippen molar-refractivity contribution in [2.24, 2.45) is 5.73 Å². The number of rotatable bonds is 2. The van der Waals surface area contributed by atoms with E-state index in [1.807, 2.05) is 0 Å². The van der Waals surface area contributed by atoms with Gasteiger partial charge in [-0.05, 0) is 12.1 Å². The lowest BCUT2D eigenvalue weighted by Crippen LogP contribution is -1.99. The molecule has 78 valence electrons. The summed E-state index contributed by atoms with van der Waals surface area (Å²) in [6.07, 6.45) is 3.15. The van der Waals surface area contributed by atoms with Gasteiger partial charge in [0.2, 0.25) is 0 Å². The van der Waals surface area contributed by atoms with Crippen molar-refractivity contribution in [2.45, 2.75) is 6.54 Å². The van der Waals surface area contributed by atoms with Gasteiger partial charge in [-0.2, -0.15) is 5.10 Å². The number of aromatic nitrogens is 2. The number of nitrogens with zero attached hydrogens (tertiary/aromatic N) is 2. The van der Waals surface area contributed by atoms with E-state index in [4.69, 9.17) is 5.73 Å². The highest BCUT2D eigenvalue weighted by molar-refractivity contribution is 5.33. The summed E-state index contributed by atoms with van der Waals surface area (Å²) < 4.78 is 27.3. The first-order valence-electron chi connectivity index (χ1n) is 4.40. The minimum atomic E-state index is -0.651. The number of hydrogen-bond donors (Lipinski definition) is 1. The average molecular weight is 209 g/mol.